The number of halogens is 1. The number of benzene rings is 1. The van der Waals surface area contributed by atoms with Crippen LogP contribution in [0.3, 0.4) is 0 Å². The van der Waals surface area contributed by atoms with Gasteiger partial charge in [0.1, 0.15) is 23.5 Å². The molecule has 31 heavy (non-hydrogen) atoms. The molecule has 2 aromatic rings. The largest absolute Gasteiger partial charge is 0.488 e. The van der Waals surface area contributed by atoms with Gasteiger partial charge in [0.25, 0.3) is 0 Å². The van der Waals surface area contributed by atoms with Crippen LogP contribution in [-0.4, -0.2) is 66.1 Å². The number of aromatic nitrogens is 2. The summed E-state index contributed by atoms with van der Waals surface area (Å²) < 4.78 is 15.5. The Bertz CT molecular complexity index is 893. The van der Waals surface area contributed by atoms with E-state index >= 15 is 0 Å². The highest BCUT2D eigenvalue weighted by atomic mass is 19.1. The Balaban J connectivity index is 0.00000132. The van der Waals surface area contributed by atoms with E-state index in [1.165, 1.54) is 6.42 Å². The molecule has 8 heteroatoms. The normalized spacial score (nSPS) is 17.5. The molecule has 2 aliphatic rings. The maximum absolute atomic E-state index is 9.50. The number of nitrogen functional groups attached to an aromatic ring is 1. The first kappa shape index (κ1) is 22.9. The van der Waals surface area contributed by atoms with Crippen molar-refractivity contribution in [1.29, 1.82) is 5.41 Å². The van der Waals surface area contributed by atoms with Gasteiger partial charge in [0.15, 0.2) is 0 Å². The predicted octanol–water partition coefficient (Wildman–Crippen LogP) is 3.52. The molecule has 1 saturated carbocycles. The molecule has 0 radical (unpaired) electrons. The number of nitrogens with two attached hydrogens (primary N) is 1. The predicted molar refractivity (Wildman–Crippen MR) is 123 cm³/mol. The molecule has 4 rings (SSSR count). The summed E-state index contributed by atoms with van der Waals surface area (Å²) in [4.78, 5) is 13.5. The topological polar surface area (TPSA) is 91.4 Å². The second-order valence-corrected chi connectivity index (χ2v) is 8.27. The molecule has 0 spiro atoms. The maximum atomic E-state index is 9.50. The number of anilines is 2. The standard InChI is InChI=1S/C22H30N6O.CH3F/c1-3-8-27-9-11-28(12-10-27)20-14-19(25-15-26-20)21(24)17-13-16(4-5-18(17)23)29-22(2)6-7-22;1-2/h4-5,13-15,24H,3,6-12,23H2,1-2H3;1H3. The van der Waals surface area contributed by atoms with Crippen molar-refractivity contribution in [2.45, 2.75) is 38.7 Å². The third-order valence-corrected chi connectivity index (χ3v) is 5.76. The fourth-order valence-electron chi connectivity index (χ4n) is 3.69. The molecule has 1 aromatic heterocycles. The van der Waals surface area contributed by atoms with E-state index in [0.717, 1.165) is 57.1 Å². The lowest BCUT2D eigenvalue weighted by molar-refractivity contribution is 0.200. The summed E-state index contributed by atoms with van der Waals surface area (Å²) in [6, 6.07) is 7.43. The molecule has 0 bridgehead atoms. The molecular weight excluding hydrogens is 395 g/mol. The zero-order chi connectivity index (χ0) is 22.4. The molecule has 3 N–H and O–H groups in total. The van der Waals surface area contributed by atoms with Gasteiger partial charge in [0.05, 0.1) is 18.6 Å². The minimum absolute atomic E-state index is 0.0718. The SMILES string of the molecule is CCCN1CCN(c2cc(C(=N)c3cc(OC4(C)CC4)ccc3N)ncn2)CC1.CF. The summed E-state index contributed by atoms with van der Waals surface area (Å²) in [5.41, 5.74) is 8.17. The first-order valence-electron chi connectivity index (χ1n) is 10.8. The Morgan fingerprint density at radius 1 is 1.16 bits per heavy atom. The van der Waals surface area contributed by atoms with Gasteiger partial charge >= 0.3 is 0 Å². The third-order valence-electron chi connectivity index (χ3n) is 5.76. The van der Waals surface area contributed by atoms with Crippen molar-refractivity contribution in [1.82, 2.24) is 14.9 Å². The summed E-state index contributed by atoms with van der Waals surface area (Å²) in [6.07, 6.45) is 4.84. The van der Waals surface area contributed by atoms with Crippen molar-refractivity contribution < 1.29 is 9.13 Å². The number of hydrogen-bond acceptors (Lipinski definition) is 7. The van der Waals surface area contributed by atoms with Crippen LogP contribution in [0.2, 0.25) is 0 Å². The van der Waals surface area contributed by atoms with Crippen LogP contribution in [-0.2, 0) is 0 Å². The lowest BCUT2D eigenvalue weighted by Gasteiger charge is -2.35. The van der Waals surface area contributed by atoms with Crippen LogP contribution in [0.5, 0.6) is 5.75 Å². The maximum Gasteiger partial charge on any atom is 0.132 e. The van der Waals surface area contributed by atoms with Gasteiger partial charge in [-0.25, -0.2) is 9.97 Å². The van der Waals surface area contributed by atoms with Crippen molar-refractivity contribution in [2.24, 2.45) is 0 Å². The van der Waals surface area contributed by atoms with E-state index in [9.17, 15) is 4.39 Å². The molecule has 0 amide bonds. The smallest absolute Gasteiger partial charge is 0.132 e. The zero-order valence-corrected chi connectivity index (χ0v) is 18.7. The number of hydrogen-bond donors (Lipinski definition) is 2. The van der Waals surface area contributed by atoms with Crippen LogP contribution >= 0.6 is 0 Å². The molecule has 2 heterocycles. The van der Waals surface area contributed by atoms with Gasteiger partial charge in [-0.1, -0.05) is 6.92 Å². The molecule has 1 aromatic carbocycles. The van der Waals surface area contributed by atoms with E-state index in [1.54, 1.807) is 12.4 Å². The van der Waals surface area contributed by atoms with Gasteiger partial charge in [-0.15, -0.1) is 0 Å². The lowest BCUT2D eigenvalue weighted by atomic mass is 10.0. The van der Waals surface area contributed by atoms with Gasteiger partial charge < -0.3 is 15.4 Å². The number of nitrogens with zero attached hydrogens (tertiary/aromatic N) is 4. The summed E-state index contributed by atoms with van der Waals surface area (Å²) in [5.74, 6) is 1.62. The molecule has 1 saturated heterocycles. The minimum Gasteiger partial charge on any atom is -0.488 e. The Kier molecular flexibility index (Phi) is 7.43. The summed E-state index contributed by atoms with van der Waals surface area (Å²) >= 11 is 0. The second kappa shape index (κ2) is 10.0. The van der Waals surface area contributed by atoms with E-state index in [0.29, 0.717) is 29.8 Å². The monoisotopic (exact) mass is 428 g/mol. The van der Waals surface area contributed by atoms with Crippen molar-refractivity contribution >= 4 is 17.2 Å². The van der Waals surface area contributed by atoms with E-state index in [-0.39, 0.29) is 5.60 Å². The van der Waals surface area contributed by atoms with Crippen LogP contribution in [0.1, 0.15) is 44.4 Å². The molecule has 0 unspecified atom stereocenters. The van der Waals surface area contributed by atoms with Crippen molar-refractivity contribution in [3.05, 3.63) is 41.9 Å². The van der Waals surface area contributed by atoms with Crippen LogP contribution < -0.4 is 15.4 Å². The lowest BCUT2D eigenvalue weighted by Crippen LogP contribution is -2.46. The highest BCUT2D eigenvalue weighted by Crippen LogP contribution is 2.40. The van der Waals surface area contributed by atoms with Crippen LogP contribution in [0.25, 0.3) is 0 Å². The number of alkyl halides is 1. The third kappa shape index (κ3) is 5.70. The van der Waals surface area contributed by atoms with Crippen molar-refractivity contribution in [2.75, 3.05) is 50.5 Å². The van der Waals surface area contributed by atoms with Gasteiger partial charge in [-0.05, 0) is 50.9 Å². The number of nitrogens with one attached hydrogen (secondary N) is 1. The molecule has 1 aliphatic carbocycles. The first-order valence-corrected chi connectivity index (χ1v) is 10.8. The van der Waals surface area contributed by atoms with Gasteiger partial charge in [-0.3, -0.25) is 14.7 Å². The average molecular weight is 429 g/mol. The average Bonchev–Trinajstić information content (AvgIpc) is 3.53. The summed E-state index contributed by atoms with van der Waals surface area (Å²) in [5, 5.41) is 8.70. The fourth-order valence-corrected chi connectivity index (χ4v) is 3.69. The van der Waals surface area contributed by atoms with Gasteiger partial charge in [-0.2, -0.15) is 0 Å². The summed E-state index contributed by atoms with van der Waals surface area (Å²) in [7, 11) is 0.500. The molecule has 1 aliphatic heterocycles. The zero-order valence-electron chi connectivity index (χ0n) is 18.7. The molecule has 7 nitrogen and oxygen atoms in total. The van der Waals surface area contributed by atoms with Gasteiger partial charge in [0.2, 0.25) is 0 Å². The Hall–Kier alpha value is -2.74. The van der Waals surface area contributed by atoms with Crippen LogP contribution in [0.4, 0.5) is 15.9 Å². The fraction of sp³-hybridized carbons (Fsp3) is 0.522. The van der Waals surface area contributed by atoms with Crippen LogP contribution in [0, 0.1) is 5.41 Å². The molecule has 168 valence electrons. The molecular formula is C23H33FN6O. The quantitative estimate of drug-likeness (QED) is 0.518. The van der Waals surface area contributed by atoms with Crippen molar-refractivity contribution in [3.63, 3.8) is 0 Å². The Morgan fingerprint density at radius 2 is 1.87 bits per heavy atom. The highest BCUT2D eigenvalue weighted by Gasteiger charge is 2.40. The summed E-state index contributed by atoms with van der Waals surface area (Å²) in [6.45, 7) is 9.41. The highest BCUT2D eigenvalue weighted by molar-refractivity contribution is 6.13. The second-order valence-electron chi connectivity index (χ2n) is 8.27. The van der Waals surface area contributed by atoms with Crippen LogP contribution in [0.15, 0.2) is 30.6 Å². The van der Waals surface area contributed by atoms with E-state index in [4.69, 9.17) is 15.9 Å². The van der Waals surface area contributed by atoms with Gasteiger partial charge in [0, 0.05) is 43.5 Å². The van der Waals surface area contributed by atoms with E-state index < -0.39 is 0 Å². The Morgan fingerprint density at radius 3 is 2.52 bits per heavy atom. The Labute approximate surface area is 183 Å². The van der Waals surface area contributed by atoms with E-state index in [1.807, 2.05) is 18.2 Å². The number of rotatable bonds is 7. The first-order chi connectivity index (χ1) is 15.0. The number of piperazine rings is 1. The molecule has 0 atom stereocenters. The van der Waals surface area contributed by atoms with E-state index in [2.05, 4.69) is 33.6 Å². The van der Waals surface area contributed by atoms with Crippen molar-refractivity contribution in [3.8, 4) is 5.75 Å². The number of ether oxygens (including phenoxy) is 1. The minimum atomic E-state index is -0.0718. The molecule has 2 fully saturated rings.